The third kappa shape index (κ3) is 4.79. The summed E-state index contributed by atoms with van der Waals surface area (Å²) in [5, 5.41) is 2.86. The number of aryl methyl sites for hydroxylation is 1. The minimum Gasteiger partial charge on any atom is -0.457 e. The Morgan fingerprint density at radius 3 is 2.60 bits per heavy atom. The highest BCUT2D eigenvalue weighted by molar-refractivity contribution is 7.14. The first-order chi connectivity index (χ1) is 14.6. The standard InChI is InChI=1S/C25H25NO3S/c1-2-17-10-13-22-20(14-17)15-23(30-22)25(28)29-16-18-8-11-19(12-9-18)24(27)26-21-6-4-3-5-7-21/h3-9,11-12,15,17H,2,10,13-14,16H2,1H3,(H,26,27)/t17-/m0/s1. The maximum Gasteiger partial charge on any atom is 0.348 e. The van der Waals surface area contributed by atoms with E-state index >= 15 is 0 Å². The Bertz CT molecular complexity index is 1020. The van der Waals surface area contributed by atoms with E-state index in [2.05, 4.69) is 12.2 Å². The Balaban J connectivity index is 1.32. The van der Waals surface area contributed by atoms with Crippen LogP contribution in [0.1, 0.15) is 55.8 Å². The van der Waals surface area contributed by atoms with Crippen molar-refractivity contribution in [3.8, 4) is 0 Å². The summed E-state index contributed by atoms with van der Waals surface area (Å²) >= 11 is 1.57. The van der Waals surface area contributed by atoms with Gasteiger partial charge in [0.05, 0.1) is 0 Å². The molecule has 0 unspecified atom stereocenters. The summed E-state index contributed by atoms with van der Waals surface area (Å²) in [4.78, 5) is 26.8. The summed E-state index contributed by atoms with van der Waals surface area (Å²) in [7, 11) is 0. The summed E-state index contributed by atoms with van der Waals surface area (Å²) in [5.41, 5.74) is 3.49. The van der Waals surface area contributed by atoms with E-state index in [4.69, 9.17) is 4.74 Å². The monoisotopic (exact) mass is 419 g/mol. The highest BCUT2D eigenvalue weighted by Crippen LogP contribution is 2.33. The summed E-state index contributed by atoms with van der Waals surface area (Å²) in [6.45, 7) is 2.42. The number of hydrogen-bond acceptors (Lipinski definition) is 4. The van der Waals surface area contributed by atoms with Gasteiger partial charge in [-0.15, -0.1) is 11.3 Å². The van der Waals surface area contributed by atoms with Crippen molar-refractivity contribution < 1.29 is 14.3 Å². The summed E-state index contributed by atoms with van der Waals surface area (Å²) in [5.74, 6) is 0.293. The van der Waals surface area contributed by atoms with Crippen molar-refractivity contribution in [1.82, 2.24) is 0 Å². The Labute approximate surface area is 180 Å². The lowest BCUT2D eigenvalue weighted by Crippen LogP contribution is -2.11. The maximum atomic E-state index is 12.5. The van der Waals surface area contributed by atoms with Gasteiger partial charge in [-0.1, -0.05) is 43.7 Å². The Hall–Kier alpha value is -2.92. The predicted molar refractivity (Wildman–Crippen MR) is 120 cm³/mol. The van der Waals surface area contributed by atoms with E-state index in [-0.39, 0.29) is 18.5 Å². The molecule has 1 atom stereocenters. The second kappa shape index (κ2) is 9.26. The zero-order chi connectivity index (χ0) is 20.9. The van der Waals surface area contributed by atoms with Gasteiger partial charge in [0, 0.05) is 16.1 Å². The van der Waals surface area contributed by atoms with Crippen molar-refractivity contribution in [2.24, 2.45) is 5.92 Å². The molecule has 5 heteroatoms. The summed E-state index contributed by atoms with van der Waals surface area (Å²) in [6.07, 6.45) is 4.54. The Kier molecular flexibility index (Phi) is 6.29. The molecule has 0 saturated carbocycles. The normalized spacial score (nSPS) is 15.3. The van der Waals surface area contributed by atoms with Crippen molar-refractivity contribution in [3.63, 3.8) is 0 Å². The predicted octanol–water partition coefficient (Wildman–Crippen LogP) is 5.87. The molecule has 154 valence electrons. The molecule has 2 aromatic carbocycles. The number of thiophene rings is 1. The highest BCUT2D eigenvalue weighted by atomic mass is 32.1. The Morgan fingerprint density at radius 2 is 1.87 bits per heavy atom. The molecule has 0 saturated heterocycles. The second-order valence-electron chi connectivity index (χ2n) is 7.67. The van der Waals surface area contributed by atoms with Crippen molar-refractivity contribution in [3.05, 3.63) is 87.1 Å². The quantitative estimate of drug-likeness (QED) is 0.508. The van der Waals surface area contributed by atoms with E-state index in [0.29, 0.717) is 10.4 Å². The van der Waals surface area contributed by atoms with E-state index in [0.717, 1.165) is 30.0 Å². The van der Waals surface area contributed by atoms with Gasteiger partial charge in [-0.2, -0.15) is 0 Å². The van der Waals surface area contributed by atoms with Crippen LogP contribution in [-0.2, 0) is 24.2 Å². The third-order valence-corrected chi connectivity index (χ3v) is 6.80. The smallest absolute Gasteiger partial charge is 0.348 e. The average Bonchev–Trinajstić information content (AvgIpc) is 3.22. The summed E-state index contributed by atoms with van der Waals surface area (Å²) < 4.78 is 5.51. The molecule has 0 fully saturated rings. The van der Waals surface area contributed by atoms with Gasteiger partial charge in [0.15, 0.2) is 0 Å². The number of anilines is 1. The third-order valence-electron chi connectivity index (χ3n) is 5.58. The molecule has 0 spiro atoms. The fraction of sp³-hybridized carbons (Fsp3) is 0.280. The van der Waals surface area contributed by atoms with Crippen LogP contribution in [0.3, 0.4) is 0 Å². The zero-order valence-corrected chi connectivity index (χ0v) is 17.8. The number of benzene rings is 2. The van der Waals surface area contributed by atoms with Crippen LogP contribution in [0.15, 0.2) is 60.7 Å². The molecule has 1 amide bonds. The van der Waals surface area contributed by atoms with E-state index in [1.54, 1.807) is 23.5 Å². The van der Waals surface area contributed by atoms with E-state index < -0.39 is 0 Å². The van der Waals surface area contributed by atoms with Gasteiger partial charge in [-0.05, 0) is 66.6 Å². The van der Waals surface area contributed by atoms with E-state index in [1.807, 2.05) is 48.5 Å². The number of para-hydroxylation sites is 1. The minimum atomic E-state index is -0.270. The molecule has 1 aromatic heterocycles. The van der Waals surface area contributed by atoms with Gasteiger partial charge < -0.3 is 10.1 Å². The lowest BCUT2D eigenvalue weighted by Gasteiger charge is -2.19. The molecule has 1 N–H and O–H groups in total. The minimum absolute atomic E-state index is 0.167. The van der Waals surface area contributed by atoms with Crippen molar-refractivity contribution >= 4 is 28.9 Å². The maximum absolute atomic E-state index is 12.5. The van der Waals surface area contributed by atoms with Crippen molar-refractivity contribution in [2.75, 3.05) is 5.32 Å². The first-order valence-corrected chi connectivity index (χ1v) is 11.2. The van der Waals surface area contributed by atoms with Crippen molar-refractivity contribution in [2.45, 2.75) is 39.2 Å². The molecule has 30 heavy (non-hydrogen) atoms. The van der Waals surface area contributed by atoms with Gasteiger partial charge >= 0.3 is 5.97 Å². The largest absolute Gasteiger partial charge is 0.457 e. The number of ether oxygens (including phenoxy) is 1. The van der Waals surface area contributed by atoms with Gasteiger partial charge in [-0.25, -0.2) is 4.79 Å². The van der Waals surface area contributed by atoms with Gasteiger partial charge in [0.2, 0.25) is 0 Å². The van der Waals surface area contributed by atoms with Crippen LogP contribution in [0, 0.1) is 5.92 Å². The molecule has 1 aliphatic rings. The molecular weight excluding hydrogens is 394 g/mol. The number of fused-ring (bicyclic) bond motifs is 1. The number of rotatable bonds is 6. The second-order valence-corrected chi connectivity index (χ2v) is 8.81. The van der Waals surface area contributed by atoms with Crippen molar-refractivity contribution in [1.29, 1.82) is 0 Å². The first kappa shape index (κ1) is 20.4. The molecule has 1 heterocycles. The van der Waals surface area contributed by atoms with E-state index in [9.17, 15) is 9.59 Å². The molecule has 3 aromatic rings. The number of hydrogen-bond donors (Lipinski definition) is 1. The zero-order valence-electron chi connectivity index (χ0n) is 17.0. The number of nitrogens with one attached hydrogen (secondary N) is 1. The first-order valence-electron chi connectivity index (χ1n) is 10.4. The number of esters is 1. The SMILES string of the molecule is CC[C@H]1CCc2sc(C(=O)OCc3ccc(C(=O)Nc4ccccc4)cc3)cc2C1. The van der Waals surface area contributed by atoms with Crippen LogP contribution in [0.25, 0.3) is 0 Å². The molecule has 4 rings (SSSR count). The van der Waals surface area contributed by atoms with Gasteiger partial charge in [0.25, 0.3) is 5.91 Å². The number of carbonyl (C=O) groups is 2. The van der Waals surface area contributed by atoms with Crippen LogP contribution in [0.4, 0.5) is 5.69 Å². The highest BCUT2D eigenvalue weighted by Gasteiger charge is 2.22. The van der Waals surface area contributed by atoms with Crippen LogP contribution in [-0.4, -0.2) is 11.9 Å². The molecule has 4 nitrogen and oxygen atoms in total. The molecular formula is C25H25NO3S. The average molecular weight is 420 g/mol. The lowest BCUT2D eigenvalue weighted by atomic mass is 9.87. The van der Waals surface area contributed by atoms with E-state index in [1.165, 1.54) is 23.3 Å². The fourth-order valence-corrected chi connectivity index (χ4v) is 4.85. The van der Waals surface area contributed by atoms with Gasteiger partial charge in [0.1, 0.15) is 11.5 Å². The topological polar surface area (TPSA) is 55.4 Å². The van der Waals surface area contributed by atoms with Gasteiger partial charge in [-0.3, -0.25) is 4.79 Å². The molecule has 0 bridgehead atoms. The molecule has 0 radical (unpaired) electrons. The van der Waals surface area contributed by atoms with Crippen LogP contribution in [0.5, 0.6) is 0 Å². The lowest BCUT2D eigenvalue weighted by molar-refractivity contribution is 0.0478. The Morgan fingerprint density at radius 1 is 1.10 bits per heavy atom. The number of amides is 1. The van der Waals surface area contributed by atoms with Crippen LogP contribution < -0.4 is 5.32 Å². The molecule has 0 aliphatic heterocycles. The van der Waals surface area contributed by atoms with Crippen LogP contribution >= 0.6 is 11.3 Å². The molecule has 1 aliphatic carbocycles. The number of carbonyl (C=O) groups excluding carboxylic acids is 2. The van der Waals surface area contributed by atoms with Crippen LogP contribution in [0.2, 0.25) is 0 Å². The summed E-state index contributed by atoms with van der Waals surface area (Å²) in [6, 6.07) is 18.5. The fourth-order valence-electron chi connectivity index (χ4n) is 3.75.